The molecular weight excluding hydrogens is 468 g/mol. The molecule has 0 saturated carbocycles. The lowest BCUT2D eigenvalue weighted by Gasteiger charge is -2.14. The summed E-state index contributed by atoms with van der Waals surface area (Å²) < 4.78 is 0. The second-order valence-electron chi connectivity index (χ2n) is 12.0. The first-order valence-corrected chi connectivity index (χ1v) is 17.2. The van der Waals surface area contributed by atoms with Crippen molar-refractivity contribution in [3.05, 3.63) is 0 Å². The summed E-state index contributed by atoms with van der Waals surface area (Å²) in [6, 6.07) is 0. The molecule has 2 aliphatic rings. The van der Waals surface area contributed by atoms with Crippen molar-refractivity contribution in [2.24, 2.45) is 0 Å². The minimum Gasteiger partial charge on any atom is -0.343 e. The Morgan fingerprint density at radius 2 is 0.684 bits per heavy atom. The van der Waals surface area contributed by atoms with Crippen LogP contribution in [0.4, 0.5) is 0 Å². The fourth-order valence-electron chi connectivity index (χ4n) is 5.81. The first-order valence-electron chi connectivity index (χ1n) is 17.2. The average Bonchev–Trinajstić information content (AvgIpc) is 3.53. The lowest BCUT2D eigenvalue weighted by molar-refractivity contribution is -0.128. The zero-order valence-corrected chi connectivity index (χ0v) is 25.9. The van der Waals surface area contributed by atoms with Crippen molar-refractivity contribution in [2.75, 3.05) is 26.2 Å². The van der Waals surface area contributed by atoms with Gasteiger partial charge in [-0.25, -0.2) is 0 Å². The molecule has 2 aliphatic heterocycles. The van der Waals surface area contributed by atoms with Gasteiger partial charge in [0.2, 0.25) is 11.8 Å². The molecule has 0 radical (unpaired) electrons. The Bertz CT molecular complexity index is 551. The lowest BCUT2D eigenvalue weighted by Crippen LogP contribution is -2.25. The van der Waals surface area contributed by atoms with E-state index in [2.05, 4.69) is 18.7 Å². The number of nitrogens with zero attached hydrogens (tertiary/aromatic N) is 2. The maximum absolute atomic E-state index is 11.4. The van der Waals surface area contributed by atoms with Gasteiger partial charge in [-0.3, -0.25) is 9.59 Å². The van der Waals surface area contributed by atoms with Gasteiger partial charge < -0.3 is 9.80 Å². The summed E-state index contributed by atoms with van der Waals surface area (Å²) in [5.74, 6) is 0.763. The van der Waals surface area contributed by atoms with Gasteiger partial charge in [0.25, 0.3) is 0 Å². The van der Waals surface area contributed by atoms with Gasteiger partial charge >= 0.3 is 0 Å². The molecule has 0 bridgehead atoms. The van der Waals surface area contributed by atoms with Gasteiger partial charge in [-0.2, -0.15) is 0 Å². The second kappa shape index (κ2) is 26.2. The standard InChI is InChI=1S/C18H35NO.C16H31NO/c1-2-3-4-5-6-7-8-9-10-11-12-13-16-19-17-14-15-18(19)20;1-2-3-4-5-6-7-8-9-10-11-14-17-15-12-13-16(17)18/h2-17H2,1H3;2-15H2,1H3. The number of likely N-dealkylation sites (tertiary alicyclic amines) is 2. The van der Waals surface area contributed by atoms with Crippen molar-refractivity contribution in [3.8, 4) is 0 Å². The van der Waals surface area contributed by atoms with Crippen LogP contribution in [0.15, 0.2) is 0 Å². The smallest absolute Gasteiger partial charge is 0.222 e. The molecule has 2 rings (SSSR count). The third-order valence-corrected chi connectivity index (χ3v) is 8.41. The molecule has 4 nitrogen and oxygen atoms in total. The van der Waals surface area contributed by atoms with E-state index in [9.17, 15) is 9.59 Å². The predicted octanol–water partition coefficient (Wildman–Crippen LogP) is 9.84. The fourth-order valence-corrected chi connectivity index (χ4v) is 5.81. The molecule has 0 unspecified atom stereocenters. The largest absolute Gasteiger partial charge is 0.343 e. The Morgan fingerprint density at radius 3 is 0.921 bits per heavy atom. The molecule has 0 aliphatic carbocycles. The van der Waals surface area contributed by atoms with E-state index in [0.29, 0.717) is 11.8 Å². The SMILES string of the molecule is CCCCCCCCCCCCCCN1CCCC1=O.CCCCCCCCCCCCN1CCCC1=O. The van der Waals surface area contributed by atoms with Crippen LogP contribution in [0.5, 0.6) is 0 Å². The summed E-state index contributed by atoms with van der Waals surface area (Å²) in [5.41, 5.74) is 0. The van der Waals surface area contributed by atoms with Gasteiger partial charge in [0.15, 0.2) is 0 Å². The van der Waals surface area contributed by atoms with E-state index in [0.717, 1.165) is 51.9 Å². The molecule has 0 aromatic rings. The molecule has 2 fully saturated rings. The number of hydrogen-bond donors (Lipinski definition) is 0. The van der Waals surface area contributed by atoms with Crippen molar-refractivity contribution < 1.29 is 9.59 Å². The maximum Gasteiger partial charge on any atom is 0.222 e. The number of rotatable bonds is 24. The van der Waals surface area contributed by atoms with Gasteiger partial charge in [-0.15, -0.1) is 0 Å². The molecular formula is C34H66N2O2. The van der Waals surface area contributed by atoms with Crippen LogP contribution >= 0.6 is 0 Å². The zero-order chi connectivity index (χ0) is 27.5. The molecule has 2 heterocycles. The molecule has 0 aromatic carbocycles. The topological polar surface area (TPSA) is 40.6 Å². The third-order valence-electron chi connectivity index (χ3n) is 8.41. The number of hydrogen-bond acceptors (Lipinski definition) is 2. The molecule has 0 atom stereocenters. The predicted molar refractivity (Wildman–Crippen MR) is 165 cm³/mol. The van der Waals surface area contributed by atoms with Gasteiger partial charge in [0.1, 0.15) is 0 Å². The number of unbranched alkanes of at least 4 members (excludes halogenated alkanes) is 20. The van der Waals surface area contributed by atoms with Gasteiger partial charge in [0, 0.05) is 39.0 Å². The molecule has 38 heavy (non-hydrogen) atoms. The van der Waals surface area contributed by atoms with Gasteiger partial charge in [-0.05, 0) is 25.7 Å². The number of carbonyl (C=O) groups excluding carboxylic acids is 2. The van der Waals surface area contributed by atoms with Crippen LogP contribution in [-0.2, 0) is 9.59 Å². The van der Waals surface area contributed by atoms with Crippen molar-refractivity contribution in [3.63, 3.8) is 0 Å². The monoisotopic (exact) mass is 535 g/mol. The quantitative estimate of drug-likeness (QED) is 0.116. The number of carbonyl (C=O) groups is 2. The first kappa shape index (κ1) is 35.0. The highest BCUT2D eigenvalue weighted by Crippen LogP contribution is 2.15. The second-order valence-corrected chi connectivity index (χ2v) is 12.0. The van der Waals surface area contributed by atoms with E-state index in [1.165, 1.54) is 141 Å². The van der Waals surface area contributed by atoms with Crippen LogP contribution in [0.25, 0.3) is 0 Å². The van der Waals surface area contributed by atoms with Crippen LogP contribution in [0.1, 0.15) is 181 Å². The van der Waals surface area contributed by atoms with Crippen LogP contribution < -0.4 is 0 Å². The van der Waals surface area contributed by atoms with Crippen molar-refractivity contribution in [1.82, 2.24) is 9.80 Å². The van der Waals surface area contributed by atoms with Crippen LogP contribution in [0, 0.1) is 0 Å². The summed E-state index contributed by atoms with van der Waals surface area (Å²) in [5, 5.41) is 0. The summed E-state index contributed by atoms with van der Waals surface area (Å²) >= 11 is 0. The van der Waals surface area contributed by atoms with Crippen molar-refractivity contribution in [1.29, 1.82) is 0 Å². The van der Waals surface area contributed by atoms with E-state index in [-0.39, 0.29) is 0 Å². The minimum absolute atomic E-state index is 0.380. The lowest BCUT2D eigenvalue weighted by atomic mass is 10.1. The van der Waals surface area contributed by atoms with E-state index in [4.69, 9.17) is 0 Å². The fraction of sp³-hybridized carbons (Fsp3) is 0.941. The van der Waals surface area contributed by atoms with E-state index in [1.54, 1.807) is 0 Å². The minimum atomic E-state index is 0.380. The van der Waals surface area contributed by atoms with Crippen LogP contribution in [0.2, 0.25) is 0 Å². The van der Waals surface area contributed by atoms with Crippen molar-refractivity contribution >= 4 is 11.8 Å². The molecule has 2 amide bonds. The first-order chi connectivity index (χ1) is 18.7. The normalized spacial score (nSPS) is 15.4. The van der Waals surface area contributed by atoms with Gasteiger partial charge in [-0.1, -0.05) is 142 Å². The summed E-state index contributed by atoms with van der Waals surface area (Å²) in [7, 11) is 0. The van der Waals surface area contributed by atoms with Crippen LogP contribution in [0.3, 0.4) is 0 Å². The highest BCUT2D eigenvalue weighted by molar-refractivity contribution is 5.78. The highest BCUT2D eigenvalue weighted by Gasteiger charge is 2.19. The van der Waals surface area contributed by atoms with Crippen LogP contribution in [-0.4, -0.2) is 47.8 Å². The molecule has 224 valence electrons. The zero-order valence-electron chi connectivity index (χ0n) is 25.9. The molecule has 2 saturated heterocycles. The van der Waals surface area contributed by atoms with E-state index < -0.39 is 0 Å². The van der Waals surface area contributed by atoms with Gasteiger partial charge in [0.05, 0.1) is 0 Å². The summed E-state index contributed by atoms with van der Waals surface area (Å²) in [6.45, 7) is 8.59. The number of amides is 2. The average molecular weight is 535 g/mol. The Labute approximate surface area is 238 Å². The molecule has 0 aromatic heterocycles. The highest BCUT2D eigenvalue weighted by atomic mass is 16.2. The Morgan fingerprint density at radius 1 is 0.421 bits per heavy atom. The molecule has 0 spiro atoms. The molecule has 4 heteroatoms. The molecule has 0 N–H and O–H groups in total. The van der Waals surface area contributed by atoms with E-state index >= 15 is 0 Å². The maximum atomic E-state index is 11.4. The Kier molecular flexibility index (Phi) is 24.1. The van der Waals surface area contributed by atoms with Crippen molar-refractivity contribution in [2.45, 2.75) is 181 Å². The summed E-state index contributed by atoms with van der Waals surface area (Å²) in [4.78, 5) is 26.9. The third kappa shape index (κ3) is 19.9. The Hall–Kier alpha value is -1.06. The van der Waals surface area contributed by atoms with E-state index in [1.807, 2.05) is 4.90 Å². The Balaban J connectivity index is 0.000000382. The summed E-state index contributed by atoms with van der Waals surface area (Å²) in [6.07, 6.45) is 34.1.